The molecule has 0 fully saturated rings. The number of aromatic nitrogens is 3. The zero-order valence-electron chi connectivity index (χ0n) is 17.9. The highest BCUT2D eigenvalue weighted by molar-refractivity contribution is 5.58. The zero-order valence-corrected chi connectivity index (χ0v) is 17.9. The standard InChI is InChI=1S/C27H27N3O/c1-30-19-24-9-4-2-3-7-20-13-15-21(16-14-20)17-23-10-6-12-26(28-23)31-25-11-5-8-22(18-25)27(30)29-24/h5-6,8,10-16,18-19H,2-4,7,9,17H2,1H3. The van der Waals surface area contributed by atoms with Gasteiger partial charge < -0.3 is 9.30 Å². The molecule has 8 bridgehead atoms. The van der Waals surface area contributed by atoms with Gasteiger partial charge in [-0.25, -0.2) is 9.97 Å². The van der Waals surface area contributed by atoms with E-state index >= 15 is 0 Å². The summed E-state index contributed by atoms with van der Waals surface area (Å²) < 4.78 is 8.22. The van der Waals surface area contributed by atoms with Gasteiger partial charge in [0.15, 0.2) is 0 Å². The van der Waals surface area contributed by atoms with Crippen LogP contribution in [0.5, 0.6) is 11.6 Å². The summed E-state index contributed by atoms with van der Waals surface area (Å²) in [7, 11) is 2.06. The molecule has 4 heteroatoms. The summed E-state index contributed by atoms with van der Waals surface area (Å²) in [6, 6.07) is 23.0. The summed E-state index contributed by atoms with van der Waals surface area (Å²) in [6.45, 7) is 0. The first-order chi connectivity index (χ1) is 15.2. The van der Waals surface area contributed by atoms with Crippen LogP contribution in [0.1, 0.15) is 41.8 Å². The maximum Gasteiger partial charge on any atom is 0.219 e. The normalized spacial score (nSPS) is 14.1. The van der Waals surface area contributed by atoms with Crippen LogP contribution in [0.15, 0.2) is 72.9 Å². The van der Waals surface area contributed by atoms with E-state index in [1.54, 1.807) is 0 Å². The van der Waals surface area contributed by atoms with E-state index in [4.69, 9.17) is 14.7 Å². The zero-order chi connectivity index (χ0) is 21.0. The van der Waals surface area contributed by atoms with Gasteiger partial charge in [-0.05, 0) is 55.0 Å². The van der Waals surface area contributed by atoms with Gasteiger partial charge in [-0.2, -0.15) is 0 Å². The lowest BCUT2D eigenvalue weighted by molar-refractivity contribution is 0.461. The lowest BCUT2D eigenvalue weighted by Crippen LogP contribution is -1.96. The molecule has 0 amide bonds. The summed E-state index contributed by atoms with van der Waals surface area (Å²) >= 11 is 0. The minimum absolute atomic E-state index is 0.612. The van der Waals surface area contributed by atoms with Gasteiger partial charge >= 0.3 is 0 Å². The Balaban J connectivity index is 1.48. The largest absolute Gasteiger partial charge is 0.439 e. The Morgan fingerprint density at radius 2 is 1.58 bits per heavy atom. The maximum absolute atomic E-state index is 6.11. The van der Waals surface area contributed by atoms with E-state index in [9.17, 15) is 0 Å². The molecule has 156 valence electrons. The molecule has 2 aliphatic rings. The molecule has 4 nitrogen and oxygen atoms in total. The minimum Gasteiger partial charge on any atom is -0.439 e. The van der Waals surface area contributed by atoms with Crippen LogP contribution in [-0.4, -0.2) is 14.5 Å². The Hall–Kier alpha value is -3.40. The third-order valence-electron chi connectivity index (χ3n) is 5.83. The van der Waals surface area contributed by atoms with E-state index in [0.29, 0.717) is 5.88 Å². The van der Waals surface area contributed by atoms with Crippen molar-refractivity contribution in [2.45, 2.75) is 38.5 Å². The SMILES string of the molecule is Cn1cc2nc1-c1cccc(c1)Oc1cccc(n1)Cc1ccc(cc1)CCCCC2. The Bertz CT molecular complexity index is 1180. The van der Waals surface area contributed by atoms with Gasteiger partial charge in [0.1, 0.15) is 11.6 Å². The molecule has 0 unspecified atom stereocenters. The summed E-state index contributed by atoms with van der Waals surface area (Å²) in [4.78, 5) is 9.62. The number of hydrogen-bond acceptors (Lipinski definition) is 3. The molecule has 0 spiro atoms. The van der Waals surface area contributed by atoms with Crippen molar-refractivity contribution in [2.24, 2.45) is 7.05 Å². The van der Waals surface area contributed by atoms with Crippen molar-refractivity contribution in [3.8, 4) is 23.0 Å². The Morgan fingerprint density at radius 1 is 0.774 bits per heavy atom. The molecule has 31 heavy (non-hydrogen) atoms. The molecule has 0 radical (unpaired) electrons. The van der Waals surface area contributed by atoms with Gasteiger partial charge in [-0.1, -0.05) is 48.9 Å². The van der Waals surface area contributed by atoms with Crippen LogP contribution in [0.3, 0.4) is 0 Å². The molecule has 0 atom stereocenters. The predicted molar refractivity (Wildman–Crippen MR) is 123 cm³/mol. The molecular formula is C27H27N3O. The van der Waals surface area contributed by atoms with Crippen LogP contribution in [0.2, 0.25) is 0 Å². The lowest BCUT2D eigenvalue weighted by Gasteiger charge is -2.09. The highest BCUT2D eigenvalue weighted by Crippen LogP contribution is 2.27. The molecule has 2 aromatic heterocycles. The quantitative estimate of drug-likeness (QED) is 0.350. The summed E-state index contributed by atoms with van der Waals surface area (Å²) in [5.74, 6) is 2.35. The predicted octanol–water partition coefficient (Wildman–Crippen LogP) is 6.13. The number of rotatable bonds is 0. The van der Waals surface area contributed by atoms with Crippen molar-refractivity contribution in [3.63, 3.8) is 0 Å². The summed E-state index contributed by atoms with van der Waals surface area (Å²) in [6.07, 6.45) is 8.68. The van der Waals surface area contributed by atoms with Crippen molar-refractivity contribution >= 4 is 0 Å². The Kier molecular flexibility index (Phi) is 5.53. The molecule has 2 aromatic carbocycles. The number of nitrogens with zero attached hydrogens (tertiary/aromatic N) is 3. The molecular weight excluding hydrogens is 382 g/mol. The molecule has 0 saturated heterocycles. The summed E-state index contributed by atoms with van der Waals surface area (Å²) in [5.41, 5.74) is 5.88. The minimum atomic E-state index is 0.612. The number of imidazole rings is 1. The second-order valence-corrected chi connectivity index (χ2v) is 8.32. The first-order valence-electron chi connectivity index (χ1n) is 11.1. The number of benzene rings is 2. The van der Waals surface area contributed by atoms with Crippen LogP contribution in [0.4, 0.5) is 0 Å². The van der Waals surface area contributed by atoms with E-state index in [1.165, 1.54) is 24.0 Å². The fourth-order valence-electron chi connectivity index (χ4n) is 4.19. The van der Waals surface area contributed by atoms with E-state index in [0.717, 1.165) is 54.2 Å². The Morgan fingerprint density at radius 3 is 2.48 bits per heavy atom. The first-order valence-corrected chi connectivity index (χ1v) is 11.1. The number of pyridine rings is 1. The fraction of sp³-hybridized carbons (Fsp3) is 0.259. The highest BCUT2D eigenvalue weighted by atomic mass is 16.5. The number of fused-ring (bicyclic) bond motifs is 6. The van der Waals surface area contributed by atoms with Crippen molar-refractivity contribution in [3.05, 3.63) is 95.4 Å². The summed E-state index contributed by atoms with van der Waals surface area (Å²) in [5, 5.41) is 0. The molecule has 4 heterocycles. The number of aryl methyl sites for hydroxylation is 3. The van der Waals surface area contributed by atoms with Gasteiger partial charge in [0.25, 0.3) is 0 Å². The molecule has 4 aromatic rings. The van der Waals surface area contributed by atoms with E-state index in [-0.39, 0.29) is 0 Å². The third kappa shape index (κ3) is 4.69. The molecule has 2 aliphatic heterocycles. The topological polar surface area (TPSA) is 39.9 Å². The number of ether oxygens (including phenoxy) is 1. The van der Waals surface area contributed by atoms with Crippen LogP contribution < -0.4 is 4.74 Å². The lowest BCUT2D eigenvalue weighted by atomic mass is 10.0. The first kappa shape index (κ1) is 19.6. The monoisotopic (exact) mass is 409 g/mol. The molecule has 0 aliphatic carbocycles. The van der Waals surface area contributed by atoms with Gasteiger partial charge in [0.2, 0.25) is 5.88 Å². The van der Waals surface area contributed by atoms with Crippen molar-refractivity contribution in [2.75, 3.05) is 0 Å². The van der Waals surface area contributed by atoms with E-state index in [2.05, 4.69) is 54.2 Å². The number of hydrogen-bond donors (Lipinski definition) is 0. The molecule has 0 N–H and O–H groups in total. The smallest absolute Gasteiger partial charge is 0.219 e. The second-order valence-electron chi connectivity index (χ2n) is 8.32. The third-order valence-corrected chi connectivity index (χ3v) is 5.83. The second kappa shape index (κ2) is 8.76. The average Bonchev–Trinajstić information content (AvgIpc) is 3.15. The van der Waals surface area contributed by atoms with Gasteiger partial charge in [0.05, 0.1) is 5.69 Å². The highest BCUT2D eigenvalue weighted by Gasteiger charge is 2.10. The fourth-order valence-corrected chi connectivity index (χ4v) is 4.19. The van der Waals surface area contributed by atoms with Gasteiger partial charge in [-0.15, -0.1) is 0 Å². The van der Waals surface area contributed by atoms with Crippen molar-refractivity contribution < 1.29 is 4.74 Å². The Labute approximate surface area is 183 Å². The van der Waals surface area contributed by atoms with Gasteiger partial charge in [0, 0.05) is 37.0 Å². The van der Waals surface area contributed by atoms with Crippen LogP contribution in [0.25, 0.3) is 11.4 Å². The average molecular weight is 410 g/mol. The molecule has 6 rings (SSSR count). The van der Waals surface area contributed by atoms with Crippen molar-refractivity contribution in [1.29, 1.82) is 0 Å². The maximum atomic E-state index is 6.11. The van der Waals surface area contributed by atoms with E-state index in [1.807, 2.05) is 30.3 Å². The van der Waals surface area contributed by atoms with Crippen LogP contribution >= 0.6 is 0 Å². The van der Waals surface area contributed by atoms with Crippen LogP contribution in [-0.2, 0) is 26.3 Å². The van der Waals surface area contributed by atoms with Gasteiger partial charge in [-0.3, -0.25) is 0 Å². The van der Waals surface area contributed by atoms with Crippen LogP contribution in [0, 0.1) is 0 Å². The van der Waals surface area contributed by atoms with Crippen molar-refractivity contribution in [1.82, 2.24) is 14.5 Å². The molecule has 0 saturated carbocycles. The van der Waals surface area contributed by atoms with E-state index < -0.39 is 0 Å².